The maximum absolute atomic E-state index is 2.42. The van der Waals surface area contributed by atoms with Crippen molar-refractivity contribution in [3.63, 3.8) is 0 Å². The Morgan fingerprint density at radius 3 is 1.40 bits per heavy atom. The van der Waals surface area contributed by atoms with E-state index < -0.39 is 5.41 Å². The molecule has 0 aromatic heterocycles. The Hall–Kier alpha value is -5.72. The van der Waals surface area contributed by atoms with Crippen molar-refractivity contribution in [3.8, 4) is 33.4 Å². The monoisotopic (exact) mass is 570 g/mol. The molecule has 0 N–H and O–H groups in total. The van der Waals surface area contributed by atoms with E-state index in [-0.39, 0.29) is 0 Å². The fraction of sp³-hybridized carbons (Fsp3) is 0.0222. The van der Waals surface area contributed by atoms with Crippen LogP contribution >= 0.6 is 0 Å². The Balaban J connectivity index is 1.56. The third kappa shape index (κ3) is 3.66. The Morgan fingerprint density at radius 1 is 0.289 bits per heavy atom. The Labute approximate surface area is 263 Å². The molecule has 8 aromatic carbocycles. The van der Waals surface area contributed by atoms with E-state index in [1.807, 2.05) is 0 Å². The molecule has 0 unspecified atom stereocenters. The van der Waals surface area contributed by atoms with Crippen LogP contribution in [-0.4, -0.2) is 0 Å². The van der Waals surface area contributed by atoms with Crippen LogP contribution in [0.25, 0.3) is 54.9 Å². The van der Waals surface area contributed by atoms with Crippen molar-refractivity contribution in [3.05, 3.63) is 204 Å². The molecule has 0 aliphatic heterocycles. The lowest BCUT2D eigenvalue weighted by Gasteiger charge is -2.34. The summed E-state index contributed by atoms with van der Waals surface area (Å²) >= 11 is 0. The van der Waals surface area contributed by atoms with Crippen LogP contribution in [0.15, 0.2) is 182 Å². The molecule has 210 valence electrons. The molecule has 0 heteroatoms. The van der Waals surface area contributed by atoms with Crippen molar-refractivity contribution in [2.24, 2.45) is 0 Å². The van der Waals surface area contributed by atoms with Crippen molar-refractivity contribution in [2.45, 2.75) is 5.41 Å². The standard InChI is InChI=1S/C45H30/c1-5-17-31(18-6-1)41-36-26-14-13-25-35(36)37-29-30-40-43(44(37)42(41)32-19-7-2-8-20-32)38-27-15-16-28-39(38)45(40,33-21-9-3-10-22-33)34-23-11-4-12-24-34/h1-30H. The average molecular weight is 571 g/mol. The van der Waals surface area contributed by atoms with Crippen molar-refractivity contribution in [1.82, 2.24) is 0 Å². The first-order chi connectivity index (χ1) is 22.4. The first kappa shape index (κ1) is 25.7. The summed E-state index contributed by atoms with van der Waals surface area (Å²) in [5.41, 5.74) is 12.5. The normalized spacial score (nSPS) is 13.1. The number of rotatable bonds is 4. The molecule has 0 spiro atoms. The fourth-order valence-electron chi connectivity index (χ4n) is 8.01. The lowest BCUT2D eigenvalue weighted by Crippen LogP contribution is -2.28. The molecule has 0 atom stereocenters. The van der Waals surface area contributed by atoms with Crippen molar-refractivity contribution < 1.29 is 0 Å². The summed E-state index contributed by atoms with van der Waals surface area (Å²) in [7, 11) is 0. The minimum Gasteiger partial charge on any atom is -0.0622 e. The zero-order valence-corrected chi connectivity index (χ0v) is 24.8. The van der Waals surface area contributed by atoms with E-state index in [9.17, 15) is 0 Å². The summed E-state index contributed by atoms with van der Waals surface area (Å²) in [5.74, 6) is 0. The molecule has 0 heterocycles. The van der Waals surface area contributed by atoms with Gasteiger partial charge in [-0.2, -0.15) is 0 Å². The largest absolute Gasteiger partial charge is 0.0713 e. The summed E-state index contributed by atoms with van der Waals surface area (Å²) in [6, 6.07) is 67.0. The van der Waals surface area contributed by atoms with Gasteiger partial charge in [-0.25, -0.2) is 0 Å². The predicted octanol–water partition coefficient (Wildman–Crippen LogP) is 11.7. The molecule has 1 aliphatic carbocycles. The zero-order chi connectivity index (χ0) is 29.8. The summed E-state index contributed by atoms with van der Waals surface area (Å²) in [4.78, 5) is 0. The van der Waals surface area contributed by atoms with Gasteiger partial charge in [0.2, 0.25) is 0 Å². The minimum absolute atomic E-state index is 0.449. The van der Waals surface area contributed by atoms with Crippen LogP contribution < -0.4 is 0 Å². The van der Waals surface area contributed by atoms with E-state index in [1.165, 1.54) is 77.2 Å². The van der Waals surface area contributed by atoms with Crippen LogP contribution in [0, 0.1) is 0 Å². The lowest BCUT2D eigenvalue weighted by molar-refractivity contribution is 0.769. The molecule has 9 rings (SSSR count). The summed E-state index contributed by atoms with van der Waals surface area (Å²) < 4.78 is 0. The van der Waals surface area contributed by atoms with Gasteiger partial charge in [-0.15, -0.1) is 0 Å². The van der Waals surface area contributed by atoms with Gasteiger partial charge in [-0.05, 0) is 77.2 Å². The van der Waals surface area contributed by atoms with E-state index in [4.69, 9.17) is 0 Å². The van der Waals surface area contributed by atoms with Crippen LogP contribution in [0.3, 0.4) is 0 Å². The van der Waals surface area contributed by atoms with Crippen LogP contribution in [0.5, 0.6) is 0 Å². The Morgan fingerprint density at radius 2 is 0.778 bits per heavy atom. The number of fused-ring (bicyclic) bond motifs is 7. The van der Waals surface area contributed by atoms with Crippen LogP contribution in [-0.2, 0) is 5.41 Å². The van der Waals surface area contributed by atoms with Gasteiger partial charge in [0.25, 0.3) is 0 Å². The topological polar surface area (TPSA) is 0 Å². The molecule has 0 amide bonds. The van der Waals surface area contributed by atoms with E-state index in [1.54, 1.807) is 0 Å². The van der Waals surface area contributed by atoms with Crippen molar-refractivity contribution in [1.29, 1.82) is 0 Å². The van der Waals surface area contributed by atoms with E-state index in [0.29, 0.717) is 0 Å². The SMILES string of the molecule is c1ccc(-c2c(-c3ccccc3)c3c4c(ccc3c3ccccc23)C(c2ccccc2)(c2ccccc2)c2ccccc2-4)cc1. The number of hydrogen-bond acceptors (Lipinski definition) is 0. The molecular weight excluding hydrogens is 540 g/mol. The highest BCUT2D eigenvalue weighted by atomic mass is 14.5. The Kier molecular flexibility index (Phi) is 5.83. The van der Waals surface area contributed by atoms with E-state index in [0.717, 1.165) is 0 Å². The van der Waals surface area contributed by atoms with E-state index in [2.05, 4.69) is 182 Å². The van der Waals surface area contributed by atoms with Gasteiger partial charge >= 0.3 is 0 Å². The van der Waals surface area contributed by atoms with Crippen molar-refractivity contribution >= 4 is 21.5 Å². The maximum atomic E-state index is 2.42. The molecule has 1 aliphatic rings. The smallest absolute Gasteiger partial charge is 0.0622 e. The molecule has 0 saturated heterocycles. The molecule has 8 aromatic rings. The van der Waals surface area contributed by atoms with Gasteiger partial charge in [0.1, 0.15) is 0 Å². The molecule has 0 radical (unpaired) electrons. The second kappa shape index (κ2) is 10.2. The average Bonchev–Trinajstić information content (AvgIpc) is 3.44. The Bertz CT molecular complexity index is 2300. The molecule has 45 heavy (non-hydrogen) atoms. The zero-order valence-electron chi connectivity index (χ0n) is 24.8. The summed E-state index contributed by atoms with van der Waals surface area (Å²) in [5, 5.41) is 5.16. The third-order valence-electron chi connectivity index (χ3n) is 9.73. The highest BCUT2D eigenvalue weighted by Crippen LogP contribution is 2.60. The van der Waals surface area contributed by atoms with Gasteiger partial charge < -0.3 is 0 Å². The van der Waals surface area contributed by atoms with Gasteiger partial charge in [-0.1, -0.05) is 182 Å². The van der Waals surface area contributed by atoms with E-state index >= 15 is 0 Å². The van der Waals surface area contributed by atoms with Gasteiger partial charge in [0.15, 0.2) is 0 Å². The highest BCUT2D eigenvalue weighted by Gasteiger charge is 2.47. The van der Waals surface area contributed by atoms with Crippen LogP contribution in [0.4, 0.5) is 0 Å². The second-order valence-corrected chi connectivity index (χ2v) is 12.0. The fourth-order valence-corrected chi connectivity index (χ4v) is 8.01. The summed E-state index contributed by atoms with van der Waals surface area (Å²) in [6.45, 7) is 0. The lowest BCUT2D eigenvalue weighted by atomic mass is 9.67. The predicted molar refractivity (Wildman–Crippen MR) is 190 cm³/mol. The molecule has 0 fully saturated rings. The van der Waals surface area contributed by atoms with Gasteiger partial charge in [0.05, 0.1) is 5.41 Å². The van der Waals surface area contributed by atoms with Crippen molar-refractivity contribution in [2.75, 3.05) is 0 Å². The maximum Gasteiger partial charge on any atom is 0.0713 e. The minimum atomic E-state index is -0.449. The second-order valence-electron chi connectivity index (χ2n) is 12.0. The van der Waals surface area contributed by atoms with Crippen LogP contribution in [0.1, 0.15) is 22.3 Å². The highest BCUT2D eigenvalue weighted by molar-refractivity contribution is 6.26. The molecular formula is C45H30. The van der Waals surface area contributed by atoms with Gasteiger partial charge in [0, 0.05) is 0 Å². The first-order valence-electron chi connectivity index (χ1n) is 15.7. The van der Waals surface area contributed by atoms with Crippen LogP contribution in [0.2, 0.25) is 0 Å². The molecule has 0 saturated carbocycles. The summed E-state index contributed by atoms with van der Waals surface area (Å²) in [6.07, 6.45) is 0. The first-order valence-corrected chi connectivity index (χ1v) is 15.7. The molecule has 0 nitrogen and oxygen atoms in total. The number of hydrogen-bond donors (Lipinski definition) is 0. The number of benzene rings is 8. The third-order valence-corrected chi connectivity index (χ3v) is 9.73. The quantitative estimate of drug-likeness (QED) is 0.185. The molecule has 0 bridgehead atoms. The van der Waals surface area contributed by atoms with Gasteiger partial charge in [-0.3, -0.25) is 0 Å².